The highest BCUT2D eigenvalue weighted by Gasteiger charge is 2.18. The molecule has 0 spiro atoms. The molecule has 3 aromatic carbocycles. The largest absolute Gasteiger partial charge is 0.345 e. The van der Waals surface area contributed by atoms with E-state index in [0.717, 1.165) is 41.4 Å². The summed E-state index contributed by atoms with van der Waals surface area (Å²) >= 11 is 7.97. The van der Waals surface area contributed by atoms with Crippen LogP contribution in [0.25, 0.3) is 5.69 Å². The molecule has 36 heavy (non-hydrogen) atoms. The summed E-state index contributed by atoms with van der Waals surface area (Å²) in [6.07, 6.45) is 3.33. The molecule has 0 atom stereocenters. The van der Waals surface area contributed by atoms with E-state index in [4.69, 9.17) is 11.6 Å². The second-order valence-corrected chi connectivity index (χ2v) is 10.2. The van der Waals surface area contributed by atoms with Gasteiger partial charge in [0.05, 0.1) is 12.2 Å². The van der Waals surface area contributed by atoms with Gasteiger partial charge in [-0.2, -0.15) is 0 Å². The Morgan fingerprint density at radius 2 is 1.78 bits per heavy atom. The van der Waals surface area contributed by atoms with Crippen LogP contribution < -0.4 is 5.32 Å². The molecule has 0 aliphatic carbocycles. The Morgan fingerprint density at radius 1 is 1.00 bits per heavy atom. The monoisotopic (exact) mass is 518 g/mol. The maximum Gasteiger partial charge on any atom is 0.251 e. The van der Waals surface area contributed by atoms with Gasteiger partial charge in [0.2, 0.25) is 0 Å². The number of amides is 1. The van der Waals surface area contributed by atoms with Crippen molar-refractivity contribution >= 4 is 29.3 Å². The molecule has 0 aliphatic rings. The van der Waals surface area contributed by atoms with Crippen molar-refractivity contribution in [2.45, 2.75) is 57.5 Å². The van der Waals surface area contributed by atoms with Crippen molar-refractivity contribution in [1.82, 2.24) is 20.1 Å². The summed E-state index contributed by atoms with van der Waals surface area (Å²) in [6.45, 7) is 6.57. The molecule has 0 bridgehead atoms. The van der Waals surface area contributed by atoms with Crippen LogP contribution in [0.5, 0.6) is 0 Å². The van der Waals surface area contributed by atoms with Crippen molar-refractivity contribution < 1.29 is 4.79 Å². The Labute approximate surface area is 222 Å². The molecule has 4 aromatic rings. The maximum absolute atomic E-state index is 12.9. The number of aromatic nitrogens is 3. The Balaban J connectivity index is 1.55. The van der Waals surface area contributed by atoms with Gasteiger partial charge in [0.15, 0.2) is 11.0 Å². The number of thioether (sulfide) groups is 1. The smallest absolute Gasteiger partial charge is 0.251 e. The van der Waals surface area contributed by atoms with Crippen molar-refractivity contribution in [2.75, 3.05) is 0 Å². The lowest BCUT2D eigenvalue weighted by Crippen LogP contribution is -2.24. The van der Waals surface area contributed by atoms with E-state index in [9.17, 15) is 4.79 Å². The van der Waals surface area contributed by atoms with E-state index >= 15 is 0 Å². The third-order valence-electron chi connectivity index (χ3n) is 6.17. The molecule has 4 rings (SSSR count). The Hall–Kier alpha value is -3.09. The minimum atomic E-state index is -0.136. The van der Waals surface area contributed by atoms with Gasteiger partial charge in [0.1, 0.15) is 0 Å². The van der Waals surface area contributed by atoms with Crippen LogP contribution in [0, 0.1) is 13.8 Å². The van der Waals surface area contributed by atoms with Gasteiger partial charge < -0.3 is 5.32 Å². The van der Waals surface area contributed by atoms with E-state index in [1.54, 1.807) is 11.8 Å². The number of aryl methyl sites for hydroxylation is 3. The minimum absolute atomic E-state index is 0.136. The summed E-state index contributed by atoms with van der Waals surface area (Å²) in [5, 5.41) is 13.3. The Morgan fingerprint density at radius 3 is 2.53 bits per heavy atom. The summed E-state index contributed by atoms with van der Waals surface area (Å²) < 4.78 is 2.00. The first kappa shape index (κ1) is 26.0. The van der Waals surface area contributed by atoms with E-state index in [1.165, 1.54) is 16.7 Å². The van der Waals surface area contributed by atoms with E-state index in [0.29, 0.717) is 16.4 Å². The van der Waals surface area contributed by atoms with Crippen molar-refractivity contribution in [3.05, 3.63) is 105 Å². The van der Waals surface area contributed by atoms with Gasteiger partial charge in [0.25, 0.3) is 5.91 Å². The van der Waals surface area contributed by atoms with Crippen LogP contribution in [0.3, 0.4) is 0 Å². The number of benzene rings is 3. The van der Waals surface area contributed by atoms with E-state index in [2.05, 4.69) is 41.5 Å². The summed E-state index contributed by atoms with van der Waals surface area (Å²) in [4.78, 5) is 12.9. The van der Waals surface area contributed by atoms with Crippen LogP contribution in [0.2, 0.25) is 5.02 Å². The topological polar surface area (TPSA) is 59.8 Å². The first-order valence-electron chi connectivity index (χ1n) is 12.2. The minimum Gasteiger partial charge on any atom is -0.345 e. The van der Waals surface area contributed by atoms with Crippen LogP contribution in [0.4, 0.5) is 0 Å². The van der Waals surface area contributed by atoms with Gasteiger partial charge in [-0.3, -0.25) is 9.36 Å². The standard InChI is InChI=1S/C29H31ClN4OS/c1-4-5-9-22-12-14-23(15-13-22)28(35)31-18-27-32-33-29(36-19-24-10-7-6-8-20(24)2)34(27)26-17-25(30)16-11-21(26)3/h6-8,10-17H,4-5,9,18-19H2,1-3H3,(H,31,35). The number of hydrogen-bond acceptors (Lipinski definition) is 4. The lowest BCUT2D eigenvalue weighted by atomic mass is 10.1. The molecule has 0 saturated heterocycles. The van der Waals surface area contributed by atoms with Crippen LogP contribution >= 0.6 is 23.4 Å². The third kappa shape index (κ3) is 6.37. The van der Waals surface area contributed by atoms with Crippen molar-refractivity contribution in [1.29, 1.82) is 0 Å². The molecule has 0 radical (unpaired) electrons. The molecule has 0 unspecified atom stereocenters. The third-order valence-corrected chi connectivity index (χ3v) is 7.39. The molecule has 1 N–H and O–H groups in total. The second-order valence-electron chi connectivity index (χ2n) is 8.86. The maximum atomic E-state index is 12.9. The van der Waals surface area contributed by atoms with Gasteiger partial charge in [-0.1, -0.05) is 79.2 Å². The zero-order chi connectivity index (χ0) is 25.5. The SMILES string of the molecule is CCCCc1ccc(C(=O)NCc2nnc(SCc3ccccc3C)n2-c2cc(Cl)ccc2C)cc1. The predicted octanol–water partition coefficient (Wildman–Crippen LogP) is 7.10. The molecule has 186 valence electrons. The fourth-order valence-electron chi connectivity index (χ4n) is 3.95. The number of halogens is 1. The Bertz CT molecular complexity index is 1330. The zero-order valence-electron chi connectivity index (χ0n) is 20.9. The summed E-state index contributed by atoms with van der Waals surface area (Å²) in [5.74, 6) is 1.28. The summed E-state index contributed by atoms with van der Waals surface area (Å²) in [5.41, 5.74) is 6.33. The molecule has 0 saturated carbocycles. The van der Waals surface area contributed by atoms with Crippen LogP contribution in [0.15, 0.2) is 71.9 Å². The number of carbonyl (C=O) groups excluding carboxylic acids is 1. The van der Waals surface area contributed by atoms with Crippen LogP contribution in [0.1, 0.15) is 58.2 Å². The van der Waals surface area contributed by atoms with Gasteiger partial charge in [-0.05, 0) is 73.2 Å². The van der Waals surface area contributed by atoms with Gasteiger partial charge in [-0.25, -0.2) is 0 Å². The normalized spacial score (nSPS) is 11.0. The highest BCUT2D eigenvalue weighted by atomic mass is 35.5. The fourth-order valence-corrected chi connectivity index (χ4v) is 5.16. The zero-order valence-corrected chi connectivity index (χ0v) is 22.5. The summed E-state index contributed by atoms with van der Waals surface area (Å²) in [6, 6.07) is 21.9. The number of carbonyl (C=O) groups is 1. The number of unbranched alkanes of at least 4 members (excludes halogenated alkanes) is 1. The van der Waals surface area contributed by atoms with Crippen molar-refractivity contribution in [3.63, 3.8) is 0 Å². The molecule has 1 aromatic heterocycles. The van der Waals surface area contributed by atoms with E-state index < -0.39 is 0 Å². The number of rotatable bonds is 10. The van der Waals surface area contributed by atoms with E-state index in [-0.39, 0.29) is 12.5 Å². The van der Waals surface area contributed by atoms with E-state index in [1.807, 2.05) is 66.1 Å². The molecular formula is C29H31ClN4OS. The first-order valence-corrected chi connectivity index (χ1v) is 13.6. The number of hydrogen-bond donors (Lipinski definition) is 1. The molecule has 1 amide bonds. The average molecular weight is 519 g/mol. The number of nitrogens with zero attached hydrogens (tertiary/aromatic N) is 3. The quantitative estimate of drug-likeness (QED) is 0.227. The highest BCUT2D eigenvalue weighted by molar-refractivity contribution is 7.98. The predicted molar refractivity (Wildman–Crippen MR) is 148 cm³/mol. The highest BCUT2D eigenvalue weighted by Crippen LogP contribution is 2.29. The molecule has 0 fully saturated rings. The Kier molecular flexibility index (Phi) is 8.83. The average Bonchev–Trinajstić information content (AvgIpc) is 3.29. The lowest BCUT2D eigenvalue weighted by molar-refractivity contribution is 0.0949. The molecular weight excluding hydrogens is 488 g/mol. The molecule has 0 aliphatic heterocycles. The van der Waals surface area contributed by atoms with Crippen molar-refractivity contribution in [2.24, 2.45) is 0 Å². The van der Waals surface area contributed by atoms with Crippen LogP contribution in [-0.4, -0.2) is 20.7 Å². The molecule has 1 heterocycles. The first-order chi connectivity index (χ1) is 17.5. The van der Waals surface area contributed by atoms with Gasteiger partial charge in [-0.15, -0.1) is 10.2 Å². The summed E-state index contributed by atoms with van der Waals surface area (Å²) in [7, 11) is 0. The molecule has 5 nitrogen and oxygen atoms in total. The fraction of sp³-hybridized carbons (Fsp3) is 0.276. The van der Waals surface area contributed by atoms with Crippen LogP contribution in [-0.2, 0) is 18.7 Å². The van der Waals surface area contributed by atoms with Gasteiger partial charge in [0, 0.05) is 16.3 Å². The second kappa shape index (κ2) is 12.2. The molecule has 7 heteroatoms. The number of nitrogens with one attached hydrogen (secondary N) is 1. The van der Waals surface area contributed by atoms with Crippen molar-refractivity contribution in [3.8, 4) is 5.69 Å². The lowest BCUT2D eigenvalue weighted by Gasteiger charge is -2.14. The van der Waals surface area contributed by atoms with Gasteiger partial charge >= 0.3 is 0 Å².